The van der Waals surface area contributed by atoms with Crippen molar-refractivity contribution in [3.05, 3.63) is 78.6 Å². The van der Waals surface area contributed by atoms with Gasteiger partial charge in [-0.15, -0.1) is 0 Å². The molecule has 6 nitrogen and oxygen atoms in total. The molecular formula is C19H21N5O. The van der Waals surface area contributed by atoms with Gasteiger partial charge in [-0.1, -0.05) is 36.4 Å². The van der Waals surface area contributed by atoms with Crippen molar-refractivity contribution in [1.82, 2.24) is 25.1 Å². The van der Waals surface area contributed by atoms with Crippen LogP contribution in [0.15, 0.2) is 67.5 Å². The molecule has 2 heterocycles. The molecule has 0 aliphatic carbocycles. The zero-order valence-corrected chi connectivity index (χ0v) is 14.0. The first-order valence-corrected chi connectivity index (χ1v) is 8.37. The summed E-state index contributed by atoms with van der Waals surface area (Å²) in [5.74, 6) is 0.0382. The number of carbonyl (C=O) groups is 1. The van der Waals surface area contributed by atoms with Gasteiger partial charge in [-0.2, -0.15) is 5.10 Å². The van der Waals surface area contributed by atoms with E-state index in [0.29, 0.717) is 19.4 Å². The Bertz CT molecular complexity index is 759. The molecule has 2 aromatic heterocycles. The van der Waals surface area contributed by atoms with Crippen molar-refractivity contribution >= 4 is 5.91 Å². The van der Waals surface area contributed by atoms with Gasteiger partial charge in [0.25, 0.3) is 0 Å². The van der Waals surface area contributed by atoms with Gasteiger partial charge in [-0.25, -0.2) is 4.98 Å². The van der Waals surface area contributed by atoms with Crippen LogP contribution in [0.4, 0.5) is 0 Å². The van der Waals surface area contributed by atoms with Gasteiger partial charge in [0.1, 0.15) is 12.7 Å². The minimum Gasteiger partial charge on any atom is -0.349 e. The van der Waals surface area contributed by atoms with Crippen molar-refractivity contribution < 1.29 is 4.79 Å². The molecule has 0 saturated heterocycles. The van der Waals surface area contributed by atoms with E-state index in [0.717, 1.165) is 17.5 Å². The summed E-state index contributed by atoms with van der Waals surface area (Å²) < 4.78 is 1.78. The van der Waals surface area contributed by atoms with Crippen LogP contribution in [0, 0.1) is 0 Å². The first-order chi connectivity index (χ1) is 12.3. The Morgan fingerprint density at radius 1 is 1.12 bits per heavy atom. The molecule has 0 saturated carbocycles. The largest absolute Gasteiger partial charge is 0.349 e. The molecule has 0 spiro atoms. The number of aromatic nitrogens is 4. The molecule has 0 aliphatic rings. The van der Waals surface area contributed by atoms with Crippen LogP contribution in [0.25, 0.3) is 0 Å². The van der Waals surface area contributed by atoms with Gasteiger partial charge in [-0.3, -0.25) is 14.5 Å². The molecular weight excluding hydrogens is 314 g/mol. The number of pyridine rings is 1. The van der Waals surface area contributed by atoms with E-state index in [4.69, 9.17) is 0 Å². The Morgan fingerprint density at radius 2 is 2.00 bits per heavy atom. The van der Waals surface area contributed by atoms with E-state index in [9.17, 15) is 4.79 Å². The van der Waals surface area contributed by atoms with Crippen LogP contribution >= 0.6 is 0 Å². The third-order valence-electron chi connectivity index (χ3n) is 4.01. The van der Waals surface area contributed by atoms with E-state index in [1.165, 1.54) is 6.33 Å². The summed E-state index contributed by atoms with van der Waals surface area (Å²) in [4.78, 5) is 20.4. The number of carbonyl (C=O) groups excluding carboxylic acids is 1. The van der Waals surface area contributed by atoms with Crippen LogP contribution in [-0.4, -0.2) is 25.7 Å². The third kappa shape index (κ3) is 5.24. The van der Waals surface area contributed by atoms with Crippen LogP contribution in [0.3, 0.4) is 0 Å². The summed E-state index contributed by atoms with van der Waals surface area (Å²) in [6.45, 7) is 0.697. The maximum atomic E-state index is 12.4. The fourth-order valence-corrected chi connectivity index (χ4v) is 2.69. The zero-order chi connectivity index (χ0) is 17.3. The molecule has 0 aliphatic heterocycles. The predicted molar refractivity (Wildman–Crippen MR) is 94.5 cm³/mol. The number of aryl methyl sites for hydroxylation is 2. The lowest BCUT2D eigenvalue weighted by Crippen LogP contribution is -2.29. The molecule has 0 bridgehead atoms. The Balaban J connectivity index is 1.59. The summed E-state index contributed by atoms with van der Waals surface area (Å²) in [7, 11) is 0. The highest BCUT2D eigenvalue weighted by Crippen LogP contribution is 2.17. The maximum absolute atomic E-state index is 12.4. The van der Waals surface area contributed by atoms with Crippen LogP contribution < -0.4 is 5.32 Å². The number of hydrogen-bond donors (Lipinski definition) is 1. The topological polar surface area (TPSA) is 72.7 Å². The Morgan fingerprint density at radius 3 is 2.72 bits per heavy atom. The molecule has 3 rings (SSSR count). The van der Waals surface area contributed by atoms with Crippen molar-refractivity contribution in [2.45, 2.75) is 31.8 Å². The van der Waals surface area contributed by atoms with Gasteiger partial charge in [0.15, 0.2) is 0 Å². The molecule has 1 atom stereocenters. The second-order valence-electron chi connectivity index (χ2n) is 5.84. The maximum Gasteiger partial charge on any atom is 0.220 e. The first kappa shape index (κ1) is 16.8. The Kier molecular flexibility index (Phi) is 5.87. The van der Waals surface area contributed by atoms with Crippen LogP contribution in [0.5, 0.6) is 0 Å². The molecule has 1 amide bonds. The average molecular weight is 335 g/mol. The monoisotopic (exact) mass is 335 g/mol. The smallest absolute Gasteiger partial charge is 0.220 e. The predicted octanol–water partition coefficient (Wildman–Crippen LogP) is 2.55. The van der Waals surface area contributed by atoms with E-state index < -0.39 is 0 Å². The summed E-state index contributed by atoms with van der Waals surface area (Å²) in [6.07, 6.45) is 8.62. The molecule has 1 aromatic carbocycles. The molecule has 1 N–H and O–H groups in total. The second kappa shape index (κ2) is 8.73. The lowest BCUT2D eigenvalue weighted by Gasteiger charge is -2.19. The van der Waals surface area contributed by atoms with E-state index in [2.05, 4.69) is 20.4 Å². The lowest BCUT2D eigenvalue weighted by atomic mass is 10.0. The number of rotatable bonds is 8. The normalized spacial score (nSPS) is 11.8. The highest BCUT2D eigenvalue weighted by Gasteiger charge is 2.14. The lowest BCUT2D eigenvalue weighted by molar-refractivity contribution is -0.121. The molecule has 128 valence electrons. The van der Waals surface area contributed by atoms with Crippen molar-refractivity contribution in [1.29, 1.82) is 0 Å². The number of amides is 1. The van der Waals surface area contributed by atoms with Gasteiger partial charge in [0, 0.05) is 25.4 Å². The molecule has 3 aromatic rings. The molecule has 1 unspecified atom stereocenters. The summed E-state index contributed by atoms with van der Waals surface area (Å²) in [5.41, 5.74) is 2.16. The Labute approximate surface area is 146 Å². The first-order valence-electron chi connectivity index (χ1n) is 8.37. The van der Waals surface area contributed by atoms with E-state index in [-0.39, 0.29) is 11.9 Å². The second-order valence-corrected chi connectivity index (χ2v) is 5.84. The third-order valence-corrected chi connectivity index (χ3v) is 4.01. The minimum atomic E-state index is -0.0493. The quantitative estimate of drug-likeness (QED) is 0.687. The Hall–Kier alpha value is -3.02. The van der Waals surface area contributed by atoms with Crippen LogP contribution in [-0.2, 0) is 17.8 Å². The van der Waals surface area contributed by atoms with Gasteiger partial charge in [0.2, 0.25) is 5.91 Å². The fraction of sp³-hybridized carbons (Fsp3) is 0.263. The van der Waals surface area contributed by atoms with Crippen LogP contribution in [0.1, 0.15) is 30.0 Å². The average Bonchev–Trinajstić information content (AvgIpc) is 3.18. The minimum absolute atomic E-state index is 0.0382. The van der Waals surface area contributed by atoms with Gasteiger partial charge < -0.3 is 5.32 Å². The number of hydrogen-bond acceptors (Lipinski definition) is 4. The van der Waals surface area contributed by atoms with Crippen molar-refractivity contribution in [3.63, 3.8) is 0 Å². The standard InChI is InChI=1S/C19H21N5O/c25-19(9-8-16-5-4-11-20-13-16)23-18(17-6-2-1-3-7-17)10-12-24-15-21-14-22-24/h1-7,11,13-15,18H,8-10,12H2,(H,23,25). The molecule has 0 fully saturated rings. The summed E-state index contributed by atoms with van der Waals surface area (Å²) in [6, 6.07) is 13.8. The molecule has 25 heavy (non-hydrogen) atoms. The SMILES string of the molecule is O=C(CCc1cccnc1)NC(CCn1cncn1)c1ccccc1. The van der Waals surface area contributed by atoms with Gasteiger partial charge in [0.05, 0.1) is 6.04 Å². The van der Waals surface area contributed by atoms with E-state index >= 15 is 0 Å². The van der Waals surface area contributed by atoms with Gasteiger partial charge in [-0.05, 0) is 30.0 Å². The van der Waals surface area contributed by atoms with Gasteiger partial charge >= 0.3 is 0 Å². The summed E-state index contributed by atoms with van der Waals surface area (Å²) >= 11 is 0. The van der Waals surface area contributed by atoms with Crippen molar-refractivity contribution in [3.8, 4) is 0 Å². The van der Waals surface area contributed by atoms with Crippen molar-refractivity contribution in [2.75, 3.05) is 0 Å². The number of benzene rings is 1. The molecule has 6 heteroatoms. The number of nitrogens with one attached hydrogen (secondary N) is 1. The zero-order valence-electron chi connectivity index (χ0n) is 14.0. The summed E-state index contributed by atoms with van der Waals surface area (Å²) in [5, 5.41) is 7.27. The van der Waals surface area contributed by atoms with Crippen molar-refractivity contribution in [2.24, 2.45) is 0 Å². The highest BCUT2D eigenvalue weighted by atomic mass is 16.1. The highest BCUT2D eigenvalue weighted by molar-refractivity contribution is 5.76. The fourth-order valence-electron chi connectivity index (χ4n) is 2.69. The number of nitrogens with zero attached hydrogens (tertiary/aromatic N) is 4. The van der Waals surface area contributed by atoms with E-state index in [1.807, 2.05) is 42.5 Å². The van der Waals surface area contributed by atoms with Crippen LogP contribution in [0.2, 0.25) is 0 Å². The van der Waals surface area contributed by atoms with E-state index in [1.54, 1.807) is 23.4 Å². The molecule has 0 radical (unpaired) electrons.